The number of ether oxygens (including phenoxy) is 3. The third-order valence-electron chi connectivity index (χ3n) is 1.49. The Balaban J connectivity index is 3.60. The molecule has 0 rings (SSSR count). The summed E-state index contributed by atoms with van der Waals surface area (Å²) in [5.74, 6) is -0.319. The van der Waals surface area contributed by atoms with Crippen LogP contribution in [0.3, 0.4) is 0 Å². The lowest BCUT2D eigenvalue weighted by molar-refractivity contribution is -0.145. The lowest BCUT2D eigenvalue weighted by Gasteiger charge is -2.09. The number of carbonyl (C=O) groups excluding carboxylic acids is 2. The molecule has 0 radical (unpaired) electrons. The van der Waals surface area contributed by atoms with E-state index in [-0.39, 0.29) is 19.2 Å². The lowest BCUT2D eigenvalue weighted by Crippen LogP contribution is -2.18. The van der Waals surface area contributed by atoms with Gasteiger partial charge in [0.15, 0.2) is 0 Å². The minimum absolute atomic E-state index is 0.0478. The van der Waals surface area contributed by atoms with Crippen LogP contribution in [0.5, 0.6) is 0 Å². The summed E-state index contributed by atoms with van der Waals surface area (Å²) in [6.07, 6.45) is 0.560. The molecule has 0 heterocycles. The summed E-state index contributed by atoms with van der Waals surface area (Å²) in [6, 6.07) is 0. The van der Waals surface area contributed by atoms with E-state index in [1.165, 1.54) is 7.11 Å². The van der Waals surface area contributed by atoms with Gasteiger partial charge in [0.25, 0.3) is 0 Å². The minimum atomic E-state index is -0.598. The first-order chi connectivity index (χ1) is 6.74. The minimum Gasteiger partial charge on any atom is -0.466 e. The molecule has 0 amide bonds. The van der Waals surface area contributed by atoms with Crippen molar-refractivity contribution in [2.75, 3.05) is 20.5 Å². The van der Waals surface area contributed by atoms with E-state index in [0.717, 1.165) is 0 Å². The largest absolute Gasteiger partial charge is 0.466 e. The molecule has 0 aliphatic rings. The molecule has 5 nitrogen and oxygen atoms in total. The Kier molecular flexibility index (Phi) is 8.07. The maximum atomic E-state index is 10.9. The standard InChI is InChI=1S/C9H16O5/c1-3-13-9(11)5-4-8(6-10)14-7-12-2/h6,8H,3-5,7H2,1-2H3/t8-/m0/s1. The first-order valence-electron chi connectivity index (χ1n) is 4.46. The first-order valence-corrected chi connectivity index (χ1v) is 4.46. The van der Waals surface area contributed by atoms with Gasteiger partial charge in [-0.25, -0.2) is 0 Å². The van der Waals surface area contributed by atoms with E-state index >= 15 is 0 Å². The Morgan fingerprint density at radius 2 is 2.21 bits per heavy atom. The van der Waals surface area contributed by atoms with Crippen LogP contribution in [-0.4, -0.2) is 38.9 Å². The molecule has 0 unspecified atom stereocenters. The number of rotatable bonds is 8. The third kappa shape index (κ3) is 6.56. The fourth-order valence-corrected chi connectivity index (χ4v) is 0.839. The van der Waals surface area contributed by atoms with E-state index < -0.39 is 6.10 Å². The number of hydrogen-bond acceptors (Lipinski definition) is 5. The average molecular weight is 204 g/mol. The summed E-state index contributed by atoms with van der Waals surface area (Å²) in [6.45, 7) is 2.13. The molecule has 0 aromatic heterocycles. The van der Waals surface area contributed by atoms with Gasteiger partial charge in [-0.1, -0.05) is 0 Å². The van der Waals surface area contributed by atoms with Gasteiger partial charge in [0.2, 0.25) is 0 Å². The van der Waals surface area contributed by atoms with Gasteiger partial charge in [-0.2, -0.15) is 0 Å². The number of hydrogen-bond donors (Lipinski definition) is 0. The summed E-state index contributed by atoms with van der Waals surface area (Å²) in [5.41, 5.74) is 0. The summed E-state index contributed by atoms with van der Waals surface area (Å²) >= 11 is 0. The molecule has 0 spiro atoms. The Morgan fingerprint density at radius 1 is 1.50 bits per heavy atom. The summed E-state index contributed by atoms with van der Waals surface area (Å²) < 4.78 is 14.3. The SMILES string of the molecule is CCOC(=O)CC[C@@H](C=O)OCOC. The van der Waals surface area contributed by atoms with Crippen molar-refractivity contribution >= 4 is 12.3 Å². The smallest absolute Gasteiger partial charge is 0.305 e. The van der Waals surface area contributed by atoms with Crippen LogP contribution in [0.2, 0.25) is 0 Å². The van der Waals surface area contributed by atoms with Crippen LogP contribution in [0.25, 0.3) is 0 Å². The van der Waals surface area contributed by atoms with Crippen molar-refractivity contribution in [3.05, 3.63) is 0 Å². The number of esters is 1. The predicted octanol–water partition coefficient (Wildman–Crippen LogP) is 0.518. The first kappa shape index (κ1) is 13.1. The highest BCUT2D eigenvalue weighted by Gasteiger charge is 2.10. The highest BCUT2D eigenvalue weighted by atomic mass is 16.7. The van der Waals surface area contributed by atoms with Gasteiger partial charge in [0.1, 0.15) is 19.2 Å². The van der Waals surface area contributed by atoms with Gasteiger partial charge in [-0.15, -0.1) is 0 Å². The molecule has 0 saturated heterocycles. The Morgan fingerprint density at radius 3 is 2.71 bits per heavy atom. The Labute approximate surface area is 83.3 Å². The monoisotopic (exact) mass is 204 g/mol. The van der Waals surface area contributed by atoms with E-state index in [4.69, 9.17) is 9.47 Å². The van der Waals surface area contributed by atoms with E-state index in [1.54, 1.807) is 6.92 Å². The molecule has 82 valence electrons. The maximum absolute atomic E-state index is 10.9. The molecule has 0 aliphatic heterocycles. The van der Waals surface area contributed by atoms with Crippen LogP contribution >= 0.6 is 0 Å². The van der Waals surface area contributed by atoms with Crippen molar-refractivity contribution in [3.63, 3.8) is 0 Å². The topological polar surface area (TPSA) is 61.8 Å². The number of aldehydes is 1. The quantitative estimate of drug-likeness (QED) is 0.327. The molecule has 0 aliphatic carbocycles. The zero-order valence-electron chi connectivity index (χ0n) is 8.52. The second-order valence-corrected chi connectivity index (χ2v) is 2.59. The van der Waals surface area contributed by atoms with Gasteiger partial charge in [0, 0.05) is 13.5 Å². The van der Waals surface area contributed by atoms with Gasteiger partial charge < -0.3 is 19.0 Å². The van der Waals surface area contributed by atoms with Crippen LogP contribution in [-0.2, 0) is 23.8 Å². The van der Waals surface area contributed by atoms with Crippen LogP contribution in [0, 0.1) is 0 Å². The molecular weight excluding hydrogens is 188 g/mol. The van der Waals surface area contributed by atoms with Crippen molar-refractivity contribution in [1.82, 2.24) is 0 Å². The second-order valence-electron chi connectivity index (χ2n) is 2.59. The van der Waals surface area contributed by atoms with Crippen LogP contribution < -0.4 is 0 Å². The maximum Gasteiger partial charge on any atom is 0.305 e. The molecule has 5 heteroatoms. The van der Waals surface area contributed by atoms with Crippen LogP contribution in [0.15, 0.2) is 0 Å². The predicted molar refractivity (Wildman–Crippen MR) is 48.7 cm³/mol. The average Bonchev–Trinajstić information content (AvgIpc) is 2.19. The zero-order chi connectivity index (χ0) is 10.8. The van der Waals surface area contributed by atoms with E-state index in [2.05, 4.69) is 4.74 Å². The number of methoxy groups -OCH3 is 1. The van der Waals surface area contributed by atoms with Crippen molar-refractivity contribution in [1.29, 1.82) is 0 Å². The molecule has 1 atom stereocenters. The Hall–Kier alpha value is -0.940. The molecule has 0 aromatic rings. The molecule has 0 N–H and O–H groups in total. The lowest BCUT2D eigenvalue weighted by atomic mass is 10.2. The fraction of sp³-hybridized carbons (Fsp3) is 0.778. The number of carbonyl (C=O) groups is 2. The van der Waals surface area contributed by atoms with Crippen molar-refractivity contribution in [2.24, 2.45) is 0 Å². The fourth-order valence-electron chi connectivity index (χ4n) is 0.839. The third-order valence-corrected chi connectivity index (χ3v) is 1.49. The van der Waals surface area contributed by atoms with E-state index in [0.29, 0.717) is 19.3 Å². The highest BCUT2D eigenvalue weighted by Crippen LogP contribution is 2.01. The molecule has 0 bridgehead atoms. The second kappa shape index (κ2) is 8.65. The zero-order valence-corrected chi connectivity index (χ0v) is 8.52. The van der Waals surface area contributed by atoms with Crippen LogP contribution in [0.1, 0.15) is 19.8 Å². The Bertz CT molecular complexity index is 169. The van der Waals surface area contributed by atoms with E-state index in [1.807, 2.05) is 0 Å². The summed E-state index contributed by atoms with van der Waals surface area (Å²) in [5, 5.41) is 0. The molecule has 14 heavy (non-hydrogen) atoms. The normalized spacial score (nSPS) is 12.1. The van der Waals surface area contributed by atoms with Crippen molar-refractivity contribution in [2.45, 2.75) is 25.9 Å². The molecule has 0 aromatic carbocycles. The van der Waals surface area contributed by atoms with Gasteiger partial charge in [-0.05, 0) is 13.3 Å². The van der Waals surface area contributed by atoms with E-state index in [9.17, 15) is 9.59 Å². The van der Waals surface area contributed by atoms with Gasteiger partial charge in [0.05, 0.1) is 6.61 Å². The highest BCUT2D eigenvalue weighted by molar-refractivity contribution is 5.70. The van der Waals surface area contributed by atoms with Crippen molar-refractivity contribution < 1.29 is 23.8 Å². The van der Waals surface area contributed by atoms with Gasteiger partial charge in [-0.3, -0.25) is 4.79 Å². The van der Waals surface area contributed by atoms with Gasteiger partial charge >= 0.3 is 5.97 Å². The van der Waals surface area contributed by atoms with Crippen molar-refractivity contribution in [3.8, 4) is 0 Å². The summed E-state index contributed by atoms with van der Waals surface area (Å²) in [4.78, 5) is 21.4. The molecule has 0 fully saturated rings. The molecular formula is C9H16O5. The van der Waals surface area contributed by atoms with Crippen LogP contribution in [0.4, 0.5) is 0 Å². The summed E-state index contributed by atoms with van der Waals surface area (Å²) in [7, 11) is 1.47. The molecule has 0 saturated carbocycles.